The van der Waals surface area contributed by atoms with Gasteiger partial charge in [0, 0.05) is 51.0 Å². The molecule has 1 aromatic carbocycles. The van der Waals surface area contributed by atoms with Crippen molar-refractivity contribution in [2.75, 3.05) is 19.0 Å². The fourth-order valence-electron chi connectivity index (χ4n) is 2.17. The van der Waals surface area contributed by atoms with Crippen LogP contribution in [0.2, 0.25) is 0 Å². The van der Waals surface area contributed by atoms with Gasteiger partial charge in [0.15, 0.2) is 5.82 Å². The second kappa shape index (κ2) is 4.52. The smallest absolute Gasteiger partial charge is 0.282 e. The molecule has 0 spiro atoms. The lowest BCUT2D eigenvalue weighted by Gasteiger charge is -2.11. The molecule has 0 saturated carbocycles. The predicted octanol–water partition coefficient (Wildman–Crippen LogP) is 1.74. The molecule has 20 heavy (non-hydrogen) atoms. The molecule has 3 rings (SSSR count). The van der Waals surface area contributed by atoms with Gasteiger partial charge in [-0.2, -0.15) is 0 Å². The zero-order valence-electron chi connectivity index (χ0n) is 11.7. The van der Waals surface area contributed by atoms with E-state index < -0.39 is 0 Å². The highest BCUT2D eigenvalue weighted by molar-refractivity contribution is 5.64. The lowest BCUT2D eigenvalue weighted by Crippen LogP contribution is -2.14. The molecule has 0 saturated heterocycles. The zero-order valence-corrected chi connectivity index (χ0v) is 11.7. The van der Waals surface area contributed by atoms with Gasteiger partial charge >= 0.3 is 0 Å². The highest BCUT2D eigenvalue weighted by Crippen LogP contribution is 2.20. The van der Waals surface area contributed by atoms with Crippen LogP contribution in [0.1, 0.15) is 0 Å². The Bertz CT molecular complexity index is 768. The van der Waals surface area contributed by atoms with Crippen molar-refractivity contribution in [2.45, 2.75) is 0 Å². The summed E-state index contributed by atoms with van der Waals surface area (Å²) < 4.78 is 3.44. The van der Waals surface area contributed by atoms with Crippen molar-refractivity contribution in [3.05, 3.63) is 53.2 Å². The molecule has 5 nitrogen and oxygen atoms in total. The fraction of sp³-hybridized carbons (Fsp3) is 0.200. The lowest BCUT2D eigenvalue weighted by atomic mass is 10.1. The average Bonchev–Trinajstić information content (AvgIpc) is 2.75. The number of imidazole rings is 1. The Morgan fingerprint density at radius 1 is 1.10 bits per heavy atom. The first kappa shape index (κ1) is 12.5. The Hall–Kier alpha value is -2.56. The van der Waals surface area contributed by atoms with Crippen LogP contribution in [0.25, 0.3) is 17.1 Å². The summed E-state index contributed by atoms with van der Waals surface area (Å²) in [5, 5.41) is 0. The summed E-state index contributed by atoms with van der Waals surface area (Å²) in [7, 11) is 5.88. The molecular weight excluding hydrogens is 252 g/mol. The lowest BCUT2D eigenvalue weighted by molar-refractivity contribution is 0.837. The maximum Gasteiger partial charge on any atom is 0.282 e. The molecule has 5 heteroatoms. The van der Waals surface area contributed by atoms with Crippen molar-refractivity contribution in [3.63, 3.8) is 0 Å². The molecule has 2 aliphatic rings. The minimum Gasteiger partial charge on any atom is -0.378 e. The minimum absolute atomic E-state index is 0.0850. The van der Waals surface area contributed by atoms with Crippen molar-refractivity contribution in [1.82, 2.24) is 14.1 Å². The van der Waals surface area contributed by atoms with Crippen LogP contribution in [-0.2, 0) is 7.05 Å². The Morgan fingerprint density at radius 3 is 2.45 bits per heavy atom. The zero-order chi connectivity index (χ0) is 14.3. The topological polar surface area (TPSA) is 43.1 Å². The highest BCUT2D eigenvalue weighted by Gasteiger charge is 2.15. The predicted molar refractivity (Wildman–Crippen MR) is 79.8 cm³/mol. The van der Waals surface area contributed by atoms with Gasteiger partial charge in [0.05, 0.1) is 0 Å². The van der Waals surface area contributed by atoms with E-state index in [1.165, 1.54) is 0 Å². The standard InChI is InChI=1S/C15H16N4O/c1-17(2)12-6-4-11(5-7-12)14-15(20)19-9-8-18(3)10-13(19)16-14/h4-10H,1-3H3. The number of aryl methyl sites for hydroxylation is 1. The van der Waals surface area contributed by atoms with Crippen LogP contribution < -0.4 is 10.5 Å². The van der Waals surface area contributed by atoms with Crippen molar-refractivity contribution < 1.29 is 0 Å². The van der Waals surface area contributed by atoms with Gasteiger partial charge < -0.3 is 9.47 Å². The van der Waals surface area contributed by atoms with Crippen molar-refractivity contribution in [1.29, 1.82) is 0 Å². The SMILES string of the molecule is CN(C)c1ccc(-c2nc3cn(C)ccn-3c2=O)cc1. The summed E-state index contributed by atoms with van der Waals surface area (Å²) in [6, 6.07) is 7.83. The van der Waals surface area contributed by atoms with E-state index in [9.17, 15) is 4.79 Å². The van der Waals surface area contributed by atoms with Crippen LogP contribution in [0, 0.1) is 0 Å². The Kier molecular flexibility index (Phi) is 2.82. The van der Waals surface area contributed by atoms with Gasteiger partial charge in [-0.05, 0) is 12.1 Å². The molecule has 0 aromatic heterocycles. The number of anilines is 1. The van der Waals surface area contributed by atoms with Crippen molar-refractivity contribution >= 4 is 5.69 Å². The van der Waals surface area contributed by atoms with Crippen LogP contribution in [0.5, 0.6) is 0 Å². The number of aromatic nitrogens is 3. The van der Waals surface area contributed by atoms with Crippen LogP contribution in [0.3, 0.4) is 0 Å². The largest absolute Gasteiger partial charge is 0.378 e. The van der Waals surface area contributed by atoms with Gasteiger partial charge in [0.1, 0.15) is 5.69 Å². The number of benzene rings is 1. The molecule has 0 atom stereocenters. The molecule has 0 unspecified atom stereocenters. The maximum atomic E-state index is 12.3. The summed E-state index contributed by atoms with van der Waals surface area (Å²) in [5.74, 6) is 0.659. The van der Waals surface area contributed by atoms with E-state index >= 15 is 0 Å². The van der Waals surface area contributed by atoms with Gasteiger partial charge in [-0.15, -0.1) is 0 Å². The van der Waals surface area contributed by atoms with Crippen molar-refractivity contribution in [2.24, 2.45) is 7.05 Å². The van der Waals surface area contributed by atoms with E-state index in [-0.39, 0.29) is 5.56 Å². The first-order chi connectivity index (χ1) is 9.56. The van der Waals surface area contributed by atoms with Gasteiger partial charge in [-0.1, -0.05) is 12.1 Å². The van der Waals surface area contributed by atoms with Gasteiger partial charge in [0.25, 0.3) is 5.56 Å². The molecule has 0 radical (unpaired) electrons. The number of hydrogen-bond donors (Lipinski definition) is 0. The summed E-state index contributed by atoms with van der Waals surface area (Å²) in [6.45, 7) is 0. The molecule has 0 fully saturated rings. The van der Waals surface area contributed by atoms with E-state index in [0.717, 1.165) is 11.3 Å². The summed E-state index contributed by atoms with van der Waals surface area (Å²) in [6.07, 6.45) is 5.40. The third kappa shape index (κ3) is 1.97. The number of rotatable bonds is 2. The minimum atomic E-state index is -0.0850. The summed E-state index contributed by atoms with van der Waals surface area (Å²) >= 11 is 0. The number of hydrogen-bond acceptors (Lipinski definition) is 3. The second-order valence-corrected chi connectivity index (χ2v) is 5.03. The molecule has 0 bridgehead atoms. The van der Waals surface area contributed by atoms with E-state index in [4.69, 9.17) is 0 Å². The van der Waals surface area contributed by atoms with E-state index in [1.54, 1.807) is 10.8 Å². The van der Waals surface area contributed by atoms with Gasteiger partial charge in [-0.25, -0.2) is 4.98 Å². The highest BCUT2D eigenvalue weighted by atomic mass is 16.1. The Morgan fingerprint density at radius 2 is 1.80 bits per heavy atom. The molecule has 1 aromatic rings. The first-order valence-electron chi connectivity index (χ1n) is 6.38. The number of nitrogens with zero attached hydrogens (tertiary/aromatic N) is 4. The quantitative estimate of drug-likeness (QED) is 0.711. The molecule has 0 amide bonds. The van der Waals surface area contributed by atoms with Gasteiger partial charge in [-0.3, -0.25) is 9.36 Å². The molecular formula is C15H16N4O. The Labute approximate surface area is 117 Å². The fourth-order valence-corrected chi connectivity index (χ4v) is 2.17. The monoisotopic (exact) mass is 268 g/mol. The van der Waals surface area contributed by atoms with Crippen LogP contribution >= 0.6 is 0 Å². The second-order valence-electron chi connectivity index (χ2n) is 5.03. The van der Waals surface area contributed by atoms with Crippen LogP contribution in [0.15, 0.2) is 47.7 Å². The molecule has 0 aliphatic carbocycles. The summed E-state index contributed by atoms with van der Waals surface area (Å²) in [5.41, 5.74) is 2.34. The molecule has 2 aliphatic heterocycles. The van der Waals surface area contributed by atoms with Crippen LogP contribution in [-0.4, -0.2) is 28.2 Å². The van der Waals surface area contributed by atoms with E-state index in [0.29, 0.717) is 11.5 Å². The Balaban J connectivity index is 2.13. The number of fused-ring (bicyclic) bond motifs is 1. The van der Waals surface area contributed by atoms with Crippen molar-refractivity contribution in [3.8, 4) is 17.1 Å². The summed E-state index contributed by atoms with van der Waals surface area (Å²) in [4.78, 5) is 18.8. The van der Waals surface area contributed by atoms with Crippen LogP contribution in [0.4, 0.5) is 5.69 Å². The van der Waals surface area contributed by atoms with E-state index in [1.807, 2.05) is 67.3 Å². The molecule has 2 heterocycles. The van der Waals surface area contributed by atoms with E-state index in [2.05, 4.69) is 4.98 Å². The third-order valence-corrected chi connectivity index (χ3v) is 3.32. The normalized spacial score (nSPS) is 10.9. The molecule has 0 N–H and O–H groups in total. The van der Waals surface area contributed by atoms with Gasteiger partial charge in [0.2, 0.25) is 0 Å². The third-order valence-electron chi connectivity index (χ3n) is 3.32. The first-order valence-corrected chi connectivity index (χ1v) is 6.38. The molecule has 102 valence electrons. The maximum absolute atomic E-state index is 12.3. The average molecular weight is 268 g/mol.